The minimum atomic E-state index is -1.03. The van der Waals surface area contributed by atoms with Gasteiger partial charge in [-0.05, 0) is 50.6 Å². The number of imide groups is 2. The number of rotatable bonds is 6. The number of amides is 5. The average molecular weight is 496 g/mol. The molecule has 1 N–H and O–H groups in total. The van der Waals surface area contributed by atoms with Gasteiger partial charge in [0.2, 0.25) is 5.91 Å². The highest BCUT2D eigenvalue weighted by Gasteiger charge is 2.47. The van der Waals surface area contributed by atoms with Crippen LogP contribution in [0.5, 0.6) is 0 Å². The molecule has 186 valence electrons. The van der Waals surface area contributed by atoms with Crippen molar-refractivity contribution in [3.05, 3.63) is 89.6 Å². The molecule has 3 heterocycles. The SMILES string of the molecule is Cc1cc(C)cc(-c2nc3ccccn3c2NC(=O)CN2C(=O)C(=O)N(C(C)c3ccccc3)C2=O)c1. The van der Waals surface area contributed by atoms with Crippen LogP contribution >= 0.6 is 0 Å². The topological polar surface area (TPSA) is 104 Å². The third kappa shape index (κ3) is 4.35. The van der Waals surface area contributed by atoms with Gasteiger partial charge < -0.3 is 5.32 Å². The maximum Gasteiger partial charge on any atom is 0.335 e. The van der Waals surface area contributed by atoms with Crippen molar-refractivity contribution in [2.45, 2.75) is 26.8 Å². The van der Waals surface area contributed by atoms with Crippen LogP contribution in [0.15, 0.2) is 72.9 Å². The fourth-order valence-electron chi connectivity index (χ4n) is 4.63. The molecule has 0 aliphatic carbocycles. The van der Waals surface area contributed by atoms with Gasteiger partial charge in [0.25, 0.3) is 0 Å². The third-order valence-corrected chi connectivity index (χ3v) is 6.34. The number of urea groups is 1. The van der Waals surface area contributed by atoms with E-state index in [1.54, 1.807) is 41.8 Å². The van der Waals surface area contributed by atoms with E-state index >= 15 is 0 Å². The van der Waals surface area contributed by atoms with Gasteiger partial charge in [0, 0.05) is 11.8 Å². The number of aromatic nitrogens is 2. The van der Waals surface area contributed by atoms with E-state index in [0.717, 1.165) is 21.6 Å². The van der Waals surface area contributed by atoms with Crippen LogP contribution in [0.1, 0.15) is 29.7 Å². The Morgan fingerprint density at radius 3 is 2.30 bits per heavy atom. The van der Waals surface area contributed by atoms with Crippen LogP contribution in [-0.2, 0) is 14.4 Å². The Morgan fingerprint density at radius 1 is 0.919 bits per heavy atom. The zero-order valence-corrected chi connectivity index (χ0v) is 20.6. The standard InChI is InChI=1S/C28H25N5O4/c1-17-13-18(2)15-21(14-17)24-25(31-12-8-7-11-22(31)29-24)30-23(34)16-32-26(35)27(36)33(28(32)37)19(3)20-9-5-4-6-10-20/h4-15,19H,16H2,1-3H3,(H,30,34). The predicted molar refractivity (Wildman–Crippen MR) is 138 cm³/mol. The largest absolute Gasteiger partial charge is 0.335 e. The van der Waals surface area contributed by atoms with Gasteiger partial charge in [-0.2, -0.15) is 0 Å². The number of carbonyl (C=O) groups excluding carboxylic acids is 4. The van der Waals surface area contributed by atoms with Crippen molar-refractivity contribution in [2.24, 2.45) is 0 Å². The molecule has 9 nitrogen and oxygen atoms in total. The van der Waals surface area contributed by atoms with E-state index in [-0.39, 0.29) is 0 Å². The third-order valence-electron chi connectivity index (χ3n) is 6.34. The van der Waals surface area contributed by atoms with Gasteiger partial charge in [-0.25, -0.2) is 19.6 Å². The first-order valence-corrected chi connectivity index (χ1v) is 11.8. The highest BCUT2D eigenvalue weighted by molar-refractivity contribution is 6.45. The molecule has 2 aromatic carbocycles. The summed E-state index contributed by atoms with van der Waals surface area (Å²) in [7, 11) is 0. The molecule has 1 fully saturated rings. The van der Waals surface area contributed by atoms with Gasteiger partial charge in [-0.3, -0.25) is 18.8 Å². The van der Waals surface area contributed by atoms with E-state index < -0.39 is 36.3 Å². The number of nitrogens with one attached hydrogen (secondary N) is 1. The Kier molecular flexibility index (Phi) is 6.04. The van der Waals surface area contributed by atoms with Crippen molar-refractivity contribution in [3.8, 4) is 11.3 Å². The molecule has 9 heteroatoms. The number of fused-ring (bicyclic) bond motifs is 1. The number of benzene rings is 2. The predicted octanol–water partition coefficient (Wildman–Crippen LogP) is 4.11. The molecular formula is C28H25N5O4. The summed E-state index contributed by atoms with van der Waals surface area (Å²) in [5, 5.41) is 2.82. The summed E-state index contributed by atoms with van der Waals surface area (Å²) < 4.78 is 1.73. The Hall–Kier alpha value is -4.79. The lowest BCUT2D eigenvalue weighted by Crippen LogP contribution is -2.39. The van der Waals surface area contributed by atoms with Gasteiger partial charge >= 0.3 is 17.8 Å². The quantitative estimate of drug-likeness (QED) is 0.320. The fourth-order valence-corrected chi connectivity index (χ4v) is 4.63. The van der Waals surface area contributed by atoms with Crippen LogP contribution in [0.25, 0.3) is 16.9 Å². The van der Waals surface area contributed by atoms with Crippen LogP contribution in [0.4, 0.5) is 10.6 Å². The molecule has 2 aromatic heterocycles. The summed E-state index contributed by atoms with van der Waals surface area (Å²) in [5.41, 5.74) is 4.79. The lowest BCUT2D eigenvalue weighted by molar-refractivity contribution is -0.144. The van der Waals surface area contributed by atoms with Gasteiger partial charge in [-0.1, -0.05) is 53.6 Å². The molecular weight excluding hydrogens is 470 g/mol. The molecule has 4 aromatic rings. The molecule has 1 aliphatic heterocycles. The Labute approximate surface area is 213 Å². The lowest BCUT2D eigenvalue weighted by Gasteiger charge is -2.22. The van der Waals surface area contributed by atoms with E-state index in [0.29, 0.717) is 27.6 Å². The average Bonchev–Trinajstić information content (AvgIpc) is 3.34. The molecule has 5 rings (SSSR count). The zero-order chi connectivity index (χ0) is 26.3. The number of hydrogen-bond donors (Lipinski definition) is 1. The van der Waals surface area contributed by atoms with Crippen molar-refractivity contribution in [1.82, 2.24) is 19.2 Å². The Bertz CT molecular complexity index is 1540. The van der Waals surface area contributed by atoms with Crippen LogP contribution in [0.3, 0.4) is 0 Å². The minimum Gasteiger partial charge on any atom is -0.308 e. The van der Waals surface area contributed by atoms with Gasteiger partial charge in [0.1, 0.15) is 23.7 Å². The van der Waals surface area contributed by atoms with Crippen LogP contribution in [-0.4, -0.2) is 49.5 Å². The molecule has 0 radical (unpaired) electrons. The van der Waals surface area contributed by atoms with E-state index in [2.05, 4.69) is 5.32 Å². The minimum absolute atomic E-state index is 0.408. The molecule has 1 unspecified atom stereocenters. The van der Waals surface area contributed by atoms with Crippen molar-refractivity contribution in [2.75, 3.05) is 11.9 Å². The highest BCUT2D eigenvalue weighted by atomic mass is 16.2. The molecule has 1 aliphatic rings. The second kappa shape index (κ2) is 9.34. The number of anilines is 1. The first-order chi connectivity index (χ1) is 17.7. The smallest absolute Gasteiger partial charge is 0.308 e. The number of pyridine rings is 1. The van der Waals surface area contributed by atoms with Gasteiger partial charge in [-0.15, -0.1) is 0 Å². The maximum atomic E-state index is 13.1. The van der Waals surface area contributed by atoms with Crippen molar-refractivity contribution in [1.29, 1.82) is 0 Å². The first-order valence-electron chi connectivity index (χ1n) is 11.8. The van der Waals surface area contributed by atoms with Gasteiger partial charge in [0.05, 0.1) is 6.04 Å². The van der Waals surface area contributed by atoms with E-state index in [9.17, 15) is 19.2 Å². The zero-order valence-electron chi connectivity index (χ0n) is 20.6. The number of nitrogens with zero attached hydrogens (tertiary/aromatic N) is 4. The number of carbonyl (C=O) groups is 4. The van der Waals surface area contributed by atoms with Crippen LogP contribution < -0.4 is 5.32 Å². The second-order valence-electron chi connectivity index (χ2n) is 9.10. The number of hydrogen-bond acceptors (Lipinski definition) is 5. The van der Waals surface area contributed by atoms with E-state index in [1.807, 2.05) is 56.3 Å². The second-order valence-corrected chi connectivity index (χ2v) is 9.10. The first kappa shape index (κ1) is 23.9. The normalized spacial score (nSPS) is 14.5. The van der Waals surface area contributed by atoms with Crippen molar-refractivity contribution < 1.29 is 19.2 Å². The molecule has 5 amide bonds. The van der Waals surface area contributed by atoms with E-state index in [1.165, 1.54) is 0 Å². The molecule has 1 saturated heterocycles. The summed E-state index contributed by atoms with van der Waals surface area (Å²) in [6, 6.07) is 18.9. The summed E-state index contributed by atoms with van der Waals surface area (Å²) in [6.45, 7) is 5.02. The van der Waals surface area contributed by atoms with Crippen molar-refractivity contribution in [3.63, 3.8) is 0 Å². The number of aryl methyl sites for hydroxylation is 2. The maximum absolute atomic E-state index is 13.1. The summed E-state index contributed by atoms with van der Waals surface area (Å²) in [4.78, 5) is 57.9. The summed E-state index contributed by atoms with van der Waals surface area (Å²) in [5.74, 6) is -2.21. The van der Waals surface area contributed by atoms with Crippen molar-refractivity contribution >= 4 is 35.2 Å². The van der Waals surface area contributed by atoms with Gasteiger partial charge in [0.15, 0.2) is 0 Å². The highest BCUT2D eigenvalue weighted by Crippen LogP contribution is 2.31. The lowest BCUT2D eigenvalue weighted by atomic mass is 10.1. The molecule has 0 saturated carbocycles. The number of imidazole rings is 1. The molecule has 1 atom stereocenters. The Morgan fingerprint density at radius 2 is 1.59 bits per heavy atom. The van der Waals surface area contributed by atoms with E-state index in [4.69, 9.17) is 4.98 Å². The van der Waals surface area contributed by atoms with Crippen LogP contribution in [0.2, 0.25) is 0 Å². The fraction of sp³-hybridized carbons (Fsp3) is 0.179. The van der Waals surface area contributed by atoms with Crippen LogP contribution in [0, 0.1) is 13.8 Å². The summed E-state index contributed by atoms with van der Waals surface area (Å²) >= 11 is 0. The monoisotopic (exact) mass is 495 g/mol. The molecule has 0 bridgehead atoms. The Balaban J connectivity index is 1.42. The molecule has 0 spiro atoms. The summed E-state index contributed by atoms with van der Waals surface area (Å²) in [6.07, 6.45) is 1.77. The molecule has 37 heavy (non-hydrogen) atoms.